The number of carbonyl (C=O) groups is 2. The molecule has 1 saturated heterocycles. The van der Waals surface area contributed by atoms with Crippen molar-refractivity contribution in [3.8, 4) is 0 Å². The molecule has 0 aromatic rings. The summed E-state index contributed by atoms with van der Waals surface area (Å²) in [7, 11) is 3.44. The molecule has 1 heterocycles. The first kappa shape index (κ1) is 21.3. The summed E-state index contributed by atoms with van der Waals surface area (Å²) in [6.07, 6.45) is 6.57. The molecule has 0 aromatic carbocycles. The average Bonchev–Trinajstić information content (AvgIpc) is 3.12. The van der Waals surface area contributed by atoms with Crippen molar-refractivity contribution in [2.45, 2.75) is 51.5 Å². The van der Waals surface area contributed by atoms with Crippen LogP contribution < -0.4 is 10.6 Å². The topological polar surface area (TPSA) is 77.0 Å². The third-order valence-electron chi connectivity index (χ3n) is 5.22. The Morgan fingerprint density at radius 1 is 1.19 bits per heavy atom. The minimum absolute atomic E-state index is 0.0491. The highest BCUT2D eigenvalue weighted by atomic mass is 16.2. The summed E-state index contributed by atoms with van der Waals surface area (Å²) < 4.78 is 0. The van der Waals surface area contributed by atoms with Gasteiger partial charge in [0, 0.05) is 45.7 Å². The first-order valence-corrected chi connectivity index (χ1v) is 10.0. The molecule has 2 amide bonds. The maximum Gasteiger partial charge on any atom is 0.243 e. The van der Waals surface area contributed by atoms with Gasteiger partial charge in [0.25, 0.3) is 0 Å². The molecule has 7 heteroatoms. The Labute approximate surface area is 163 Å². The highest BCUT2D eigenvalue weighted by Crippen LogP contribution is 2.26. The van der Waals surface area contributed by atoms with Crippen molar-refractivity contribution in [2.24, 2.45) is 10.9 Å². The van der Waals surface area contributed by atoms with E-state index in [-0.39, 0.29) is 24.4 Å². The van der Waals surface area contributed by atoms with Crippen LogP contribution in [0.2, 0.25) is 0 Å². The summed E-state index contributed by atoms with van der Waals surface area (Å²) in [5.41, 5.74) is 0.990. The molecule has 1 atom stereocenters. The fourth-order valence-electron chi connectivity index (χ4n) is 3.55. The van der Waals surface area contributed by atoms with Crippen molar-refractivity contribution >= 4 is 17.8 Å². The van der Waals surface area contributed by atoms with Crippen LogP contribution >= 0.6 is 0 Å². The number of hydrogen-bond acceptors (Lipinski definition) is 3. The van der Waals surface area contributed by atoms with Crippen LogP contribution in [0.4, 0.5) is 0 Å². The molecular weight excluding hydrogens is 342 g/mol. The number of likely N-dealkylation sites (tertiary alicyclic amines) is 1. The molecule has 2 aliphatic rings. The van der Waals surface area contributed by atoms with E-state index < -0.39 is 0 Å². The van der Waals surface area contributed by atoms with Crippen LogP contribution in [-0.4, -0.2) is 73.9 Å². The number of rotatable bonds is 6. The molecule has 27 heavy (non-hydrogen) atoms. The standard InChI is InChI=1S/C20H35N5O2/c1-15(2)12-21-20(22-13-18(26)24(3)4)23-17-10-11-25(14-17)19(27)16-8-6-5-7-9-16/h16-17H,1,5-14H2,2-4H3,(H2,21,22,23). The molecule has 0 spiro atoms. The summed E-state index contributed by atoms with van der Waals surface area (Å²) in [5.74, 6) is 1.08. The molecular formula is C20H35N5O2. The number of aliphatic imine (C=N–C) groups is 1. The molecule has 0 aromatic heterocycles. The van der Waals surface area contributed by atoms with Crippen molar-refractivity contribution in [3.05, 3.63) is 12.2 Å². The lowest BCUT2D eigenvalue weighted by molar-refractivity contribution is -0.135. The number of likely N-dealkylation sites (N-methyl/N-ethyl adjacent to an activating group) is 1. The van der Waals surface area contributed by atoms with E-state index in [0.717, 1.165) is 31.4 Å². The fourth-order valence-corrected chi connectivity index (χ4v) is 3.55. The van der Waals surface area contributed by atoms with E-state index in [4.69, 9.17) is 0 Å². The summed E-state index contributed by atoms with van der Waals surface area (Å²) in [6.45, 7) is 8.01. The lowest BCUT2D eigenvalue weighted by atomic mass is 9.88. The van der Waals surface area contributed by atoms with Crippen molar-refractivity contribution in [2.75, 3.05) is 40.3 Å². The highest BCUT2D eigenvalue weighted by molar-refractivity contribution is 5.85. The molecule has 1 aliphatic carbocycles. The van der Waals surface area contributed by atoms with Gasteiger partial charge in [-0.1, -0.05) is 31.4 Å². The van der Waals surface area contributed by atoms with Gasteiger partial charge in [0.1, 0.15) is 6.54 Å². The van der Waals surface area contributed by atoms with E-state index in [2.05, 4.69) is 22.2 Å². The summed E-state index contributed by atoms with van der Waals surface area (Å²) in [4.78, 5) is 32.5. The summed E-state index contributed by atoms with van der Waals surface area (Å²) in [6, 6.07) is 0.156. The predicted octanol–water partition coefficient (Wildman–Crippen LogP) is 1.37. The minimum atomic E-state index is -0.0491. The predicted molar refractivity (Wildman–Crippen MR) is 109 cm³/mol. The molecule has 2 fully saturated rings. The van der Waals surface area contributed by atoms with Crippen LogP contribution in [-0.2, 0) is 9.59 Å². The summed E-state index contributed by atoms with van der Waals surface area (Å²) >= 11 is 0. The Morgan fingerprint density at radius 3 is 2.52 bits per heavy atom. The molecule has 0 radical (unpaired) electrons. The zero-order valence-electron chi connectivity index (χ0n) is 17.1. The monoisotopic (exact) mass is 377 g/mol. The number of amides is 2. The number of carbonyl (C=O) groups excluding carboxylic acids is 2. The fraction of sp³-hybridized carbons (Fsp3) is 0.750. The van der Waals surface area contributed by atoms with Crippen LogP contribution in [0.5, 0.6) is 0 Å². The molecule has 7 nitrogen and oxygen atoms in total. The van der Waals surface area contributed by atoms with E-state index in [1.54, 1.807) is 14.1 Å². The Morgan fingerprint density at radius 2 is 1.89 bits per heavy atom. The van der Waals surface area contributed by atoms with E-state index in [1.807, 2.05) is 11.8 Å². The Bertz CT molecular complexity index is 567. The van der Waals surface area contributed by atoms with Gasteiger partial charge in [-0.2, -0.15) is 0 Å². The van der Waals surface area contributed by atoms with Gasteiger partial charge >= 0.3 is 0 Å². The van der Waals surface area contributed by atoms with E-state index in [0.29, 0.717) is 25.0 Å². The van der Waals surface area contributed by atoms with Gasteiger partial charge in [-0.05, 0) is 26.2 Å². The van der Waals surface area contributed by atoms with Gasteiger partial charge < -0.3 is 20.4 Å². The maximum absolute atomic E-state index is 12.7. The third-order valence-corrected chi connectivity index (χ3v) is 5.22. The van der Waals surface area contributed by atoms with Gasteiger partial charge in [-0.3, -0.25) is 9.59 Å². The molecule has 1 aliphatic heterocycles. The lowest BCUT2D eigenvalue weighted by Gasteiger charge is -2.26. The zero-order chi connectivity index (χ0) is 19.8. The second-order valence-electron chi connectivity index (χ2n) is 8.01. The van der Waals surface area contributed by atoms with Crippen molar-refractivity contribution in [3.63, 3.8) is 0 Å². The van der Waals surface area contributed by atoms with Gasteiger partial charge in [0.2, 0.25) is 11.8 Å². The van der Waals surface area contributed by atoms with Gasteiger partial charge in [0.05, 0.1) is 0 Å². The molecule has 0 bridgehead atoms. The Kier molecular flexibility index (Phi) is 8.13. The van der Waals surface area contributed by atoms with Gasteiger partial charge in [0.15, 0.2) is 5.96 Å². The van der Waals surface area contributed by atoms with Gasteiger partial charge in [-0.15, -0.1) is 0 Å². The van der Waals surface area contributed by atoms with E-state index >= 15 is 0 Å². The van der Waals surface area contributed by atoms with Crippen molar-refractivity contribution in [1.82, 2.24) is 20.4 Å². The number of nitrogens with one attached hydrogen (secondary N) is 2. The molecule has 2 rings (SSSR count). The van der Waals surface area contributed by atoms with E-state index in [1.165, 1.54) is 24.2 Å². The zero-order valence-corrected chi connectivity index (χ0v) is 17.1. The van der Waals surface area contributed by atoms with Crippen LogP contribution in [0, 0.1) is 5.92 Å². The lowest BCUT2D eigenvalue weighted by Crippen LogP contribution is -2.46. The first-order chi connectivity index (χ1) is 12.9. The Balaban J connectivity index is 1.90. The van der Waals surface area contributed by atoms with Crippen LogP contribution in [0.1, 0.15) is 45.4 Å². The second kappa shape index (κ2) is 10.3. The van der Waals surface area contributed by atoms with E-state index in [9.17, 15) is 9.59 Å². The third kappa shape index (κ3) is 6.88. The van der Waals surface area contributed by atoms with Crippen LogP contribution in [0.25, 0.3) is 0 Å². The second-order valence-corrected chi connectivity index (χ2v) is 8.01. The van der Waals surface area contributed by atoms with Crippen molar-refractivity contribution < 1.29 is 9.59 Å². The highest BCUT2D eigenvalue weighted by Gasteiger charge is 2.31. The van der Waals surface area contributed by atoms with Crippen LogP contribution in [0.3, 0.4) is 0 Å². The largest absolute Gasteiger partial charge is 0.353 e. The minimum Gasteiger partial charge on any atom is -0.353 e. The molecule has 2 N–H and O–H groups in total. The Hall–Kier alpha value is -2.05. The molecule has 1 saturated carbocycles. The quantitative estimate of drug-likeness (QED) is 0.416. The normalized spacial score (nSPS) is 21.1. The van der Waals surface area contributed by atoms with Crippen LogP contribution in [0.15, 0.2) is 17.1 Å². The van der Waals surface area contributed by atoms with Gasteiger partial charge in [-0.25, -0.2) is 4.99 Å². The number of guanidine groups is 1. The average molecular weight is 378 g/mol. The smallest absolute Gasteiger partial charge is 0.243 e. The molecule has 152 valence electrons. The number of nitrogens with zero attached hydrogens (tertiary/aromatic N) is 3. The maximum atomic E-state index is 12.7. The molecule has 1 unspecified atom stereocenters. The summed E-state index contributed by atoms with van der Waals surface area (Å²) in [5, 5.41) is 6.60. The van der Waals surface area contributed by atoms with Crippen molar-refractivity contribution in [1.29, 1.82) is 0 Å². The number of hydrogen-bond donors (Lipinski definition) is 2. The first-order valence-electron chi connectivity index (χ1n) is 10.0. The SMILES string of the molecule is C=C(C)CNC(=NCC(=O)N(C)C)NC1CCN(C(=O)C2CCCCC2)C1.